The summed E-state index contributed by atoms with van der Waals surface area (Å²) in [5, 5.41) is 2.87. The van der Waals surface area contributed by atoms with Crippen molar-refractivity contribution in [1.29, 1.82) is 0 Å². The number of rotatable bonds is 7. The molecule has 4 amide bonds. The third-order valence-corrected chi connectivity index (χ3v) is 6.53. The van der Waals surface area contributed by atoms with E-state index in [2.05, 4.69) is 21.2 Å². The Balaban J connectivity index is 1.62. The van der Waals surface area contributed by atoms with Crippen molar-refractivity contribution >= 4 is 57.1 Å². The lowest BCUT2D eigenvalue weighted by molar-refractivity contribution is -0.122. The van der Waals surface area contributed by atoms with Gasteiger partial charge in [-0.25, -0.2) is 9.69 Å². The monoisotopic (exact) mass is 568 g/mol. The number of urea groups is 1. The first-order valence-electron chi connectivity index (χ1n) is 11.1. The highest BCUT2D eigenvalue weighted by Gasteiger charge is 2.37. The molecule has 0 spiro atoms. The van der Waals surface area contributed by atoms with Crippen LogP contribution in [-0.4, -0.2) is 25.0 Å². The summed E-state index contributed by atoms with van der Waals surface area (Å²) in [6.45, 7) is 2.29. The third kappa shape index (κ3) is 5.45. The lowest BCUT2D eigenvalue weighted by Gasteiger charge is -2.26. The largest absolute Gasteiger partial charge is 0.493 e. The Hall–Kier alpha value is -3.62. The van der Waals surface area contributed by atoms with Crippen LogP contribution in [0.25, 0.3) is 6.08 Å². The van der Waals surface area contributed by atoms with Gasteiger partial charge in [0, 0.05) is 9.50 Å². The molecule has 0 unspecified atom stereocenters. The van der Waals surface area contributed by atoms with Crippen molar-refractivity contribution in [3.05, 3.63) is 92.4 Å². The predicted octanol–water partition coefficient (Wildman–Crippen LogP) is 5.92. The van der Waals surface area contributed by atoms with Crippen LogP contribution >= 0.6 is 27.5 Å². The fourth-order valence-corrected chi connectivity index (χ4v) is 4.17. The molecule has 7 nitrogen and oxygen atoms in total. The smallest absolute Gasteiger partial charge is 0.335 e. The van der Waals surface area contributed by atoms with Gasteiger partial charge in [-0.3, -0.25) is 14.9 Å². The van der Waals surface area contributed by atoms with Gasteiger partial charge in [0.15, 0.2) is 11.5 Å². The summed E-state index contributed by atoms with van der Waals surface area (Å²) in [7, 11) is 1.49. The summed E-state index contributed by atoms with van der Waals surface area (Å²) in [4.78, 5) is 39.2. The average molecular weight is 570 g/mol. The van der Waals surface area contributed by atoms with E-state index in [9.17, 15) is 14.4 Å². The van der Waals surface area contributed by atoms with Crippen molar-refractivity contribution in [1.82, 2.24) is 5.32 Å². The maximum absolute atomic E-state index is 13.2. The topological polar surface area (TPSA) is 84.9 Å². The van der Waals surface area contributed by atoms with Gasteiger partial charge in [0.05, 0.1) is 12.8 Å². The van der Waals surface area contributed by atoms with Crippen molar-refractivity contribution in [2.45, 2.75) is 20.0 Å². The summed E-state index contributed by atoms with van der Waals surface area (Å²) >= 11 is 9.41. The third-order valence-electron chi connectivity index (χ3n) is 5.59. The fraction of sp³-hybridized carbons (Fsp3) is 0.148. The molecule has 0 saturated carbocycles. The van der Waals surface area contributed by atoms with Gasteiger partial charge >= 0.3 is 6.03 Å². The number of ether oxygens (including phenoxy) is 2. The number of hydrogen-bond acceptors (Lipinski definition) is 5. The molecule has 0 aliphatic carbocycles. The Morgan fingerprint density at radius 2 is 1.64 bits per heavy atom. The maximum atomic E-state index is 13.2. The van der Waals surface area contributed by atoms with Gasteiger partial charge in [-0.15, -0.1) is 0 Å². The van der Waals surface area contributed by atoms with Gasteiger partial charge in [0.25, 0.3) is 11.8 Å². The number of barbiturate groups is 1. The van der Waals surface area contributed by atoms with E-state index in [1.807, 2.05) is 31.2 Å². The van der Waals surface area contributed by atoms with Crippen molar-refractivity contribution in [2.75, 3.05) is 12.0 Å². The molecule has 1 heterocycles. The molecule has 3 aromatic rings. The highest BCUT2D eigenvalue weighted by molar-refractivity contribution is 9.10. The first kappa shape index (κ1) is 25.5. The Kier molecular flexibility index (Phi) is 7.76. The molecule has 3 aromatic carbocycles. The van der Waals surface area contributed by atoms with Crippen LogP contribution in [0.4, 0.5) is 10.5 Å². The molecule has 1 fully saturated rings. The zero-order valence-corrected chi connectivity index (χ0v) is 21.9. The summed E-state index contributed by atoms with van der Waals surface area (Å²) in [6, 6.07) is 16.8. The van der Waals surface area contributed by atoms with Crippen LogP contribution < -0.4 is 19.7 Å². The number of amides is 4. The molecule has 1 N–H and O–H groups in total. The maximum Gasteiger partial charge on any atom is 0.335 e. The molecular formula is C27H22BrClN2O5. The van der Waals surface area contributed by atoms with Crippen LogP contribution in [0.15, 0.2) is 70.7 Å². The molecule has 0 bridgehead atoms. The van der Waals surface area contributed by atoms with Gasteiger partial charge in [0.1, 0.15) is 12.2 Å². The van der Waals surface area contributed by atoms with Gasteiger partial charge in [-0.1, -0.05) is 58.7 Å². The van der Waals surface area contributed by atoms with Crippen LogP contribution in [-0.2, 0) is 22.6 Å². The van der Waals surface area contributed by atoms with Crippen LogP contribution in [0, 0.1) is 0 Å². The molecule has 0 atom stereocenters. The quantitative estimate of drug-likeness (QED) is 0.282. The van der Waals surface area contributed by atoms with E-state index in [0.717, 1.165) is 22.4 Å². The molecule has 36 heavy (non-hydrogen) atoms. The zero-order valence-electron chi connectivity index (χ0n) is 19.5. The lowest BCUT2D eigenvalue weighted by atomic mass is 10.1. The number of imide groups is 2. The first-order valence-corrected chi connectivity index (χ1v) is 12.2. The van der Waals surface area contributed by atoms with Crippen LogP contribution in [0.1, 0.15) is 23.6 Å². The minimum Gasteiger partial charge on any atom is -0.493 e. The molecule has 4 rings (SSSR count). The van der Waals surface area contributed by atoms with E-state index in [0.29, 0.717) is 32.2 Å². The van der Waals surface area contributed by atoms with Crippen LogP contribution in [0.3, 0.4) is 0 Å². The molecule has 184 valence electrons. The summed E-state index contributed by atoms with van der Waals surface area (Å²) in [6.07, 6.45) is 2.23. The minimum atomic E-state index is -0.797. The van der Waals surface area contributed by atoms with Crippen LogP contribution in [0.5, 0.6) is 11.5 Å². The number of aryl methyl sites for hydroxylation is 1. The first-order chi connectivity index (χ1) is 17.3. The number of carbonyl (C=O) groups excluding carboxylic acids is 3. The summed E-state index contributed by atoms with van der Waals surface area (Å²) in [5.74, 6) is -0.623. The Morgan fingerprint density at radius 3 is 2.28 bits per heavy atom. The van der Waals surface area contributed by atoms with E-state index in [4.69, 9.17) is 21.1 Å². The normalized spacial score (nSPS) is 14.7. The van der Waals surface area contributed by atoms with E-state index in [-0.39, 0.29) is 12.2 Å². The number of anilines is 1. The Labute approximate surface area is 221 Å². The number of nitrogens with one attached hydrogen (secondary N) is 1. The predicted molar refractivity (Wildman–Crippen MR) is 141 cm³/mol. The van der Waals surface area contributed by atoms with Crippen LogP contribution in [0.2, 0.25) is 5.02 Å². The molecule has 0 aromatic heterocycles. The summed E-state index contributed by atoms with van der Waals surface area (Å²) < 4.78 is 12.0. The number of halogens is 2. The van der Waals surface area contributed by atoms with Gasteiger partial charge in [-0.2, -0.15) is 0 Å². The molecule has 9 heteroatoms. The SMILES string of the molecule is CCc1ccc(N2C(=O)NC(=O)/C(=C/c3cc(OC)c(OCc4ccc(Cl)cc4)cc3Br)C2=O)cc1. The number of methoxy groups -OCH3 is 1. The number of hydrogen-bond donors (Lipinski definition) is 1. The molecular weight excluding hydrogens is 548 g/mol. The second-order valence-corrected chi connectivity index (χ2v) is 9.21. The van der Waals surface area contributed by atoms with E-state index < -0.39 is 17.8 Å². The van der Waals surface area contributed by atoms with E-state index in [1.165, 1.54) is 13.2 Å². The Bertz CT molecular complexity index is 1350. The number of benzene rings is 3. The van der Waals surface area contributed by atoms with Gasteiger partial charge < -0.3 is 9.47 Å². The molecule has 1 aliphatic heterocycles. The molecule has 1 aliphatic rings. The van der Waals surface area contributed by atoms with Gasteiger partial charge in [-0.05, 0) is 65.6 Å². The highest BCUT2D eigenvalue weighted by Crippen LogP contribution is 2.36. The fourth-order valence-electron chi connectivity index (χ4n) is 3.60. The molecule has 0 radical (unpaired) electrons. The van der Waals surface area contributed by atoms with Crippen molar-refractivity contribution in [3.8, 4) is 11.5 Å². The Morgan fingerprint density at radius 1 is 0.972 bits per heavy atom. The van der Waals surface area contributed by atoms with Crippen molar-refractivity contribution in [3.63, 3.8) is 0 Å². The summed E-state index contributed by atoms with van der Waals surface area (Å²) in [5.41, 5.74) is 2.66. The lowest BCUT2D eigenvalue weighted by Crippen LogP contribution is -2.54. The highest BCUT2D eigenvalue weighted by atomic mass is 79.9. The van der Waals surface area contributed by atoms with E-state index >= 15 is 0 Å². The standard InChI is InChI=1S/C27H22BrClN2O5/c1-3-16-6-10-20(11-7-16)31-26(33)21(25(32)30-27(31)34)12-18-13-23(35-2)24(14-22(18)28)36-15-17-4-8-19(29)9-5-17/h4-14H,3,15H2,1-2H3,(H,30,32,34)/b21-12-. The average Bonchev–Trinajstić information content (AvgIpc) is 2.87. The number of nitrogens with zero attached hydrogens (tertiary/aromatic N) is 1. The van der Waals surface area contributed by atoms with Crippen molar-refractivity contribution < 1.29 is 23.9 Å². The van der Waals surface area contributed by atoms with Gasteiger partial charge in [0.2, 0.25) is 0 Å². The van der Waals surface area contributed by atoms with E-state index in [1.54, 1.807) is 36.4 Å². The second-order valence-electron chi connectivity index (χ2n) is 7.92. The molecule has 1 saturated heterocycles. The van der Waals surface area contributed by atoms with Crippen molar-refractivity contribution in [2.24, 2.45) is 0 Å². The number of carbonyl (C=O) groups is 3. The minimum absolute atomic E-state index is 0.188. The zero-order chi connectivity index (χ0) is 25.8. The second kappa shape index (κ2) is 11.0.